The van der Waals surface area contributed by atoms with Gasteiger partial charge in [-0.1, -0.05) is 6.07 Å². The molecule has 1 rings (SSSR count). The molecule has 0 saturated heterocycles. The summed E-state index contributed by atoms with van der Waals surface area (Å²) in [5, 5.41) is 21.0. The number of halogens is 1. The number of carbonyl (C=O) groups is 3. The van der Waals surface area contributed by atoms with Gasteiger partial charge in [-0.2, -0.15) is 0 Å². The van der Waals surface area contributed by atoms with Gasteiger partial charge >= 0.3 is 18.0 Å². The number of aromatic nitrogens is 1. The first kappa shape index (κ1) is 23.3. The van der Waals surface area contributed by atoms with Gasteiger partial charge in [0, 0.05) is 18.3 Å². The Balaban J connectivity index is 2.78. The van der Waals surface area contributed by atoms with Crippen LogP contribution in [0.1, 0.15) is 44.9 Å². The summed E-state index contributed by atoms with van der Waals surface area (Å²) < 4.78 is 17.2. The second-order valence-electron chi connectivity index (χ2n) is 7.46. The normalized spacial score (nSPS) is 13.4. The molecular weight excluding hydrogens is 371 g/mol. The molecule has 0 radical (unpaired) electrons. The highest BCUT2D eigenvalue weighted by atomic mass is 19.1. The van der Waals surface area contributed by atoms with E-state index in [-0.39, 0.29) is 12.8 Å². The molecule has 1 amide bonds. The highest BCUT2D eigenvalue weighted by Crippen LogP contribution is 2.16. The maximum Gasteiger partial charge on any atom is 0.408 e. The van der Waals surface area contributed by atoms with E-state index in [1.165, 1.54) is 0 Å². The predicted molar refractivity (Wildman–Crippen MR) is 98.8 cm³/mol. The van der Waals surface area contributed by atoms with Gasteiger partial charge in [0.05, 0.1) is 12.6 Å². The van der Waals surface area contributed by atoms with Crippen molar-refractivity contribution in [3.8, 4) is 0 Å². The molecule has 156 valence electrons. The van der Waals surface area contributed by atoms with Gasteiger partial charge in [-0.25, -0.2) is 9.59 Å². The molecule has 1 heterocycles. The number of alkyl carbamates (subject to hydrolysis) is 1. The first-order chi connectivity index (χ1) is 13.0. The number of carbonyl (C=O) groups excluding carboxylic acids is 1. The standard InChI is InChI=1S/C19H27FN2O6/c1-19(2,3)28-18(27)22-15(17(25)26)10-13(16(23)24)9-14-7-6-12(11-21-14)5-4-8-20/h6-7,11,13,15H,4-5,8-10H2,1-3H3,(H,22,27)(H,23,24)(H,25,26)/t13?,15-/m0/s1. The number of pyridine rings is 1. The molecule has 0 aliphatic carbocycles. The van der Waals surface area contributed by atoms with Crippen LogP contribution in [0.15, 0.2) is 18.3 Å². The topological polar surface area (TPSA) is 126 Å². The molecule has 0 fully saturated rings. The van der Waals surface area contributed by atoms with Crippen molar-refractivity contribution in [1.82, 2.24) is 10.3 Å². The second kappa shape index (κ2) is 10.6. The molecular formula is C19H27FN2O6. The lowest BCUT2D eigenvalue weighted by Gasteiger charge is -2.23. The zero-order valence-corrected chi connectivity index (χ0v) is 16.3. The van der Waals surface area contributed by atoms with E-state index in [0.29, 0.717) is 18.5 Å². The van der Waals surface area contributed by atoms with Crippen molar-refractivity contribution in [2.24, 2.45) is 5.92 Å². The van der Waals surface area contributed by atoms with Crippen molar-refractivity contribution in [1.29, 1.82) is 0 Å². The van der Waals surface area contributed by atoms with Crippen LogP contribution in [0.4, 0.5) is 9.18 Å². The Kier molecular flexibility index (Phi) is 8.81. The van der Waals surface area contributed by atoms with Crippen LogP contribution in [0.2, 0.25) is 0 Å². The van der Waals surface area contributed by atoms with Crippen molar-refractivity contribution in [2.75, 3.05) is 6.67 Å². The number of carboxylic acids is 2. The molecule has 0 saturated carbocycles. The van der Waals surface area contributed by atoms with E-state index in [4.69, 9.17) is 4.74 Å². The van der Waals surface area contributed by atoms with Gasteiger partial charge in [-0.05, 0) is 51.7 Å². The van der Waals surface area contributed by atoms with Gasteiger partial charge in [-0.3, -0.25) is 14.2 Å². The molecule has 0 aromatic carbocycles. The number of hydrogen-bond donors (Lipinski definition) is 3. The number of hydrogen-bond acceptors (Lipinski definition) is 5. The summed E-state index contributed by atoms with van der Waals surface area (Å²) in [4.78, 5) is 39.0. The van der Waals surface area contributed by atoms with Crippen LogP contribution in [0.5, 0.6) is 0 Å². The van der Waals surface area contributed by atoms with Crippen LogP contribution in [-0.4, -0.2) is 51.5 Å². The third-order valence-electron chi connectivity index (χ3n) is 3.80. The molecule has 1 unspecified atom stereocenters. The predicted octanol–water partition coefficient (Wildman–Crippen LogP) is 2.60. The van der Waals surface area contributed by atoms with Crippen molar-refractivity contribution in [3.63, 3.8) is 0 Å². The molecule has 28 heavy (non-hydrogen) atoms. The molecule has 8 nitrogen and oxygen atoms in total. The van der Waals surface area contributed by atoms with E-state index >= 15 is 0 Å². The van der Waals surface area contributed by atoms with E-state index in [1.54, 1.807) is 39.1 Å². The smallest absolute Gasteiger partial charge is 0.408 e. The van der Waals surface area contributed by atoms with Crippen LogP contribution in [0.25, 0.3) is 0 Å². The lowest BCUT2D eigenvalue weighted by atomic mass is 9.94. The number of amides is 1. The largest absolute Gasteiger partial charge is 0.481 e. The maximum atomic E-state index is 12.2. The van der Waals surface area contributed by atoms with E-state index in [1.807, 2.05) is 0 Å². The number of nitrogens with zero attached hydrogens (tertiary/aromatic N) is 1. The molecule has 3 N–H and O–H groups in total. The third-order valence-corrected chi connectivity index (χ3v) is 3.80. The van der Waals surface area contributed by atoms with Crippen LogP contribution >= 0.6 is 0 Å². The number of nitrogens with one attached hydrogen (secondary N) is 1. The number of ether oxygens (including phenoxy) is 1. The summed E-state index contributed by atoms with van der Waals surface area (Å²) in [6, 6.07) is 1.96. The molecule has 0 aliphatic rings. The van der Waals surface area contributed by atoms with Crippen LogP contribution in [-0.2, 0) is 27.2 Å². The Bertz CT molecular complexity index is 672. The molecule has 1 aromatic rings. The second-order valence-corrected chi connectivity index (χ2v) is 7.46. The highest BCUT2D eigenvalue weighted by Gasteiger charge is 2.30. The average Bonchev–Trinajstić information content (AvgIpc) is 2.57. The van der Waals surface area contributed by atoms with Crippen molar-refractivity contribution in [3.05, 3.63) is 29.6 Å². The summed E-state index contributed by atoms with van der Waals surface area (Å²) in [7, 11) is 0. The number of carboxylic acid groups (broad SMARTS) is 2. The van der Waals surface area contributed by atoms with Crippen LogP contribution in [0, 0.1) is 5.92 Å². The Morgan fingerprint density at radius 1 is 1.21 bits per heavy atom. The third kappa shape index (κ3) is 8.79. The number of rotatable bonds is 10. The maximum absolute atomic E-state index is 12.2. The average molecular weight is 398 g/mol. The Hall–Kier alpha value is -2.71. The van der Waals surface area contributed by atoms with Crippen molar-refractivity contribution in [2.45, 2.75) is 58.1 Å². The molecule has 0 spiro atoms. The van der Waals surface area contributed by atoms with Gasteiger partial charge in [0.2, 0.25) is 0 Å². The van der Waals surface area contributed by atoms with Gasteiger partial charge < -0.3 is 20.3 Å². The Morgan fingerprint density at radius 2 is 1.89 bits per heavy atom. The SMILES string of the molecule is CC(C)(C)OC(=O)N[C@@H](CC(Cc1ccc(CCCF)cn1)C(=O)O)C(=O)O. The van der Waals surface area contributed by atoms with Crippen LogP contribution < -0.4 is 5.32 Å². The number of aliphatic carboxylic acids is 2. The first-order valence-electron chi connectivity index (χ1n) is 8.96. The van der Waals surface area contributed by atoms with Crippen molar-refractivity contribution < 1.29 is 33.7 Å². The van der Waals surface area contributed by atoms with E-state index in [2.05, 4.69) is 10.3 Å². The fourth-order valence-corrected chi connectivity index (χ4v) is 2.47. The van der Waals surface area contributed by atoms with Gasteiger partial charge in [-0.15, -0.1) is 0 Å². The Labute approximate surface area is 163 Å². The Morgan fingerprint density at radius 3 is 2.36 bits per heavy atom. The fraction of sp³-hybridized carbons (Fsp3) is 0.579. The quantitative estimate of drug-likeness (QED) is 0.553. The lowest BCUT2D eigenvalue weighted by molar-refractivity contribution is -0.144. The van der Waals surface area contributed by atoms with E-state index in [9.17, 15) is 29.0 Å². The van der Waals surface area contributed by atoms with Crippen LogP contribution in [0.3, 0.4) is 0 Å². The summed E-state index contributed by atoms with van der Waals surface area (Å²) in [5.74, 6) is -3.62. The highest BCUT2D eigenvalue weighted by molar-refractivity contribution is 5.81. The molecule has 0 bridgehead atoms. The number of aryl methyl sites for hydroxylation is 1. The minimum absolute atomic E-state index is 0.00149. The minimum atomic E-state index is -1.42. The monoisotopic (exact) mass is 398 g/mol. The zero-order chi connectivity index (χ0) is 21.3. The fourth-order valence-electron chi connectivity index (χ4n) is 2.47. The summed E-state index contributed by atoms with van der Waals surface area (Å²) in [6.07, 6.45) is 1.22. The van der Waals surface area contributed by atoms with Crippen molar-refractivity contribution >= 4 is 18.0 Å². The van der Waals surface area contributed by atoms with Gasteiger partial charge in [0.15, 0.2) is 0 Å². The van der Waals surface area contributed by atoms with Gasteiger partial charge in [0.25, 0.3) is 0 Å². The molecule has 2 atom stereocenters. The summed E-state index contributed by atoms with van der Waals surface area (Å²) in [6.45, 7) is 4.46. The van der Waals surface area contributed by atoms with E-state index in [0.717, 1.165) is 5.56 Å². The minimum Gasteiger partial charge on any atom is -0.481 e. The first-order valence-corrected chi connectivity index (χ1v) is 8.96. The summed E-state index contributed by atoms with van der Waals surface area (Å²) in [5.41, 5.74) is 0.494. The molecule has 9 heteroatoms. The van der Waals surface area contributed by atoms with E-state index < -0.39 is 42.3 Å². The number of alkyl halides is 1. The van der Waals surface area contributed by atoms with Gasteiger partial charge in [0.1, 0.15) is 11.6 Å². The zero-order valence-electron chi connectivity index (χ0n) is 16.3. The summed E-state index contributed by atoms with van der Waals surface area (Å²) >= 11 is 0. The molecule has 1 aromatic heterocycles. The lowest BCUT2D eigenvalue weighted by Crippen LogP contribution is -2.45. The molecule has 0 aliphatic heterocycles.